The molecular weight excluding hydrogens is 304 g/mol. The van der Waals surface area contributed by atoms with Crippen LogP contribution in [0.4, 0.5) is 0 Å². The molecule has 3 aromatic carbocycles. The fourth-order valence-electron chi connectivity index (χ4n) is 2.69. The van der Waals surface area contributed by atoms with Crippen LogP contribution in [0.3, 0.4) is 0 Å². The van der Waals surface area contributed by atoms with Gasteiger partial charge in [-0.3, -0.25) is 0 Å². The second kappa shape index (κ2) is 8.40. The first-order chi connectivity index (χ1) is 12.3. The molecule has 0 spiro atoms. The van der Waals surface area contributed by atoms with Crippen LogP contribution in [-0.2, 0) is 6.42 Å². The predicted octanol–water partition coefficient (Wildman–Crippen LogP) is 5.98. The van der Waals surface area contributed by atoms with Crippen molar-refractivity contribution in [2.45, 2.75) is 33.1 Å². The highest BCUT2D eigenvalue weighted by molar-refractivity contribution is 5.85. The minimum absolute atomic E-state index is 0.780. The Bertz CT molecular complexity index is 895. The van der Waals surface area contributed by atoms with Gasteiger partial charge in [0.05, 0.1) is 6.61 Å². The van der Waals surface area contributed by atoms with Gasteiger partial charge in [0.1, 0.15) is 5.75 Å². The molecule has 0 aliphatic rings. The maximum Gasteiger partial charge on any atom is 0.119 e. The van der Waals surface area contributed by atoms with E-state index in [-0.39, 0.29) is 0 Å². The maximum atomic E-state index is 5.78. The summed E-state index contributed by atoms with van der Waals surface area (Å²) in [6.07, 6.45) is 3.30. The van der Waals surface area contributed by atoms with E-state index in [1.54, 1.807) is 0 Å². The fraction of sp³-hybridized carbons (Fsp3) is 0.250. The first-order valence-corrected chi connectivity index (χ1v) is 9.06. The lowest BCUT2D eigenvalue weighted by Gasteiger charge is -2.06. The Morgan fingerprint density at radius 2 is 1.44 bits per heavy atom. The van der Waals surface area contributed by atoms with Crippen LogP contribution in [-0.4, -0.2) is 6.61 Å². The summed E-state index contributed by atoms with van der Waals surface area (Å²) in [5.41, 5.74) is 3.43. The third-order valence-corrected chi connectivity index (χ3v) is 4.29. The second-order valence-electron chi connectivity index (χ2n) is 6.23. The highest BCUT2D eigenvalue weighted by Gasteiger charge is 1.99. The zero-order valence-electron chi connectivity index (χ0n) is 15.0. The van der Waals surface area contributed by atoms with Crippen LogP contribution in [0.2, 0.25) is 0 Å². The summed E-state index contributed by atoms with van der Waals surface area (Å²) in [6.45, 7) is 5.11. The Kier molecular flexibility index (Phi) is 5.75. The summed E-state index contributed by atoms with van der Waals surface area (Å²) in [5, 5.41) is 2.38. The minimum atomic E-state index is 0.780. The third kappa shape index (κ3) is 4.64. The number of unbranched alkanes of at least 4 members (excludes halogenated alkanes) is 1. The summed E-state index contributed by atoms with van der Waals surface area (Å²) >= 11 is 0. The minimum Gasteiger partial charge on any atom is -0.494 e. The Hall–Kier alpha value is -2.72. The van der Waals surface area contributed by atoms with Gasteiger partial charge in [-0.25, -0.2) is 0 Å². The highest BCUT2D eigenvalue weighted by atomic mass is 16.5. The summed E-state index contributed by atoms with van der Waals surface area (Å²) in [4.78, 5) is 0. The van der Waals surface area contributed by atoms with Gasteiger partial charge in [0.25, 0.3) is 0 Å². The van der Waals surface area contributed by atoms with Crippen LogP contribution in [0, 0.1) is 11.8 Å². The molecule has 0 aromatic heterocycles. The molecule has 0 bridgehead atoms. The van der Waals surface area contributed by atoms with Gasteiger partial charge in [-0.2, -0.15) is 0 Å². The smallest absolute Gasteiger partial charge is 0.119 e. The standard InChI is InChI=1S/C24H24O/c1-3-5-16-25-24-15-14-22-17-21(12-13-23(22)18-24)11-10-20-8-6-19(4-2)7-9-20/h6-9,12-15,17-18H,3-5,16H2,1-2H3. The molecule has 1 nitrogen and oxygen atoms in total. The van der Waals surface area contributed by atoms with E-state index in [0.717, 1.165) is 42.7 Å². The monoisotopic (exact) mass is 328 g/mol. The third-order valence-electron chi connectivity index (χ3n) is 4.29. The molecule has 0 heterocycles. The van der Waals surface area contributed by atoms with E-state index < -0.39 is 0 Å². The Morgan fingerprint density at radius 1 is 0.760 bits per heavy atom. The topological polar surface area (TPSA) is 9.23 Å². The Balaban J connectivity index is 1.77. The van der Waals surface area contributed by atoms with Crippen molar-refractivity contribution in [1.29, 1.82) is 0 Å². The average molecular weight is 328 g/mol. The van der Waals surface area contributed by atoms with Gasteiger partial charge >= 0.3 is 0 Å². The van der Waals surface area contributed by atoms with Crippen LogP contribution in [0.5, 0.6) is 5.75 Å². The summed E-state index contributed by atoms with van der Waals surface area (Å²) in [7, 11) is 0. The summed E-state index contributed by atoms with van der Waals surface area (Å²) in [5.74, 6) is 7.45. The van der Waals surface area contributed by atoms with Crippen molar-refractivity contribution in [2.75, 3.05) is 6.61 Å². The van der Waals surface area contributed by atoms with Crippen LogP contribution in [0.15, 0.2) is 60.7 Å². The predicted molar refractivity (Wildman–Crippen MR) is 106 cm³/mol. The van der Waals surface area contributed by atoms with E-state index in [1.807, 2.05) is 6.07 Å². The molecule has 0 fully saturated rings. The lowest BCUT2D eigenvalue weighted by molar-refractivity contribution is 0.310. The van der Waals surface area contributed by atoms with Crippen molar-refractivity contribution >= 4 is 10.8 Å². The number of ether oxygens (including phenoxy) is 1. The quantitative estimate of drug-likeness (QED) is 0.413. The van der Waals surface area contributed by atoms with E-state index >= 15 is 0 Å². The molecule has 0 N–H and O–H groups in total. The van der Waals surface area contributed by atoms with Gasteiger partial charge < -0.3 is 4.74 Å². The molecule has 3 aromatic rings. The zero-order valence-corrected chi connectivity index (χ0v) is 15.0. The molecule has 0 atom stereocenters. The van der Waals surface area contributed by atoms with E-state index in [0.29, 0.717) is 0 Å². The number of benzene rings is 3. The summed E-state index contributed by atoms with van der Waals surface area (Å²) in [6, 6.07) is 21.0. The normalized spacial score (nSPS) is 10.3. The van der Waals surface area contributed by atoms with Crippen LogP contribution in [0.1, 0.15) is 43.4 Å². The molecule has 0 saturated heterocycles. The SMILES string of the molecule is CCCCOc1ccc2cc(C#Cc3ccc(CC)cc3)ccc2c1. The molecule has 1 heteroatoms. The molecule has 0 radical (unpaired) electrons. The van der Waals surface area contributed by atoms with Gasteiger partial charge in [0, 0.05) is 11.1 Å². The van der Waals surface area contributed by atoms with Crippen molar-refractivity contribution in [3.05, 3.63) is 77.4 Å². The molecule has 0 aliphatic carbocycles. The number of hydrogen-bond donors (Lipinski definition) is 0. The number of fused-ring (bicyclic) bond motifs is 1. The van der Waals surface area contributed by atoms with Crippen molar-refractivity contribution in [3.8, 4) is 17.6 Å². The van der Waals surface area contributed by atoms with Crippen molar-refractivity contribution < 1.29 is 4.74 Å². The Morgan fingerprint density at radius 3 is 2.20 bits per heavy atom. The fourth-order valence-corrected chi connectivity index (χ4v) is 2.69. The van der Waals surface area contributed by atoms with Crippen LogP contribution < -0.4 is 4.74 Å². The van der Waals surface area contributed by atoms with E-state index in [1.165, 1.54) is 16.3 Å². The molecule has 0 amide bonds. The van der Waals surface area contributed by atoms with Gasteiger partial charge in [-0.1, -0.05) is 56.4 Å². The van der Waals surface area contributed by atoms with E-state index in [2.05, 4.69) is 80.3 Å². The molecule has 0 aliphatic heterocycles. The zero-order chi connectivity index (χ0) is 17.5. The first-order valence-electron chi connectivity index (χ1n) is 9.06. The molecule has 0 unspecified atom stereocenters. The van der Waals surface area contributed by atoms with E-state index in [4.69, 9.17) is 4.74 Å². The van der Waals surface area contributed by atoms with E-state index in [9.17, 15) is 0 Å². The molecule has 3 rings (SSSR count). The average Bonchev–Trinajstić information content (AvgIpc) is 2.67. The maximum absolute atomic E-state index is 5.78. The second-order valence-corrected chi connectivity index (χ2v) is 6.23. The molecule has 126 valence electrons. The molecular formula is C24H24O. The van der Waals surface area contributed by atoms with Crippen molar-refractivity contribution in [1.82, 2.24) is 0 Å². The molecule has 25 heavy (non-hydrogen) atoms. The molecule has 0 saturated carbocycles. The summed E-state index contributed by atoms with van der Waals surface area (Å²) < 4.78 is 5.78. The number of aryl methyl sites for hydroxylation is 1. The number of rotatable bonds is 5. The van der Waals surface area contributed by atoms with Crippen LogP contribution in [0.25, 0.3) is 10.8 Å². The van der Waals surface area contributed by atoms with Crippen LogP contribution >= 0.6 is 0 Å². The highest BCUT2D eigenvalue weighted by Crippen LogP contribution is 2.22. The van der Waals surface area contributed by atoms with Gasteiger partial charge in [-0.15, -0.1) is 0 Å². The lowest BCUT2D eigenvalue weighted by atomic mass is 10.1. The van der Waals surface area contributed by atoms with Crippen molar-refractivity contribution in [3.63, 3.8) is 0 Å². The van der Waals surface area contributed by atoms with Gasteiger partial charge in [0.2, 0.25) is 0 Å². The largest absolute Gasteiger partial charge is 0.494 e. The Labute approximate surface area is 150 Å². The first kappa shape index (κ1) is 17.1. The number of hydrogen-bond acceptors (Lipinski definition) is 1. The lowest BCUT2D eigenvalue weighted by Crippen LogP contribution is -1.96. The van der Waals surface area contributed by atoms with Gasteiger partial charge in [0.15, 0.2) is 0 Å². The van der Waals surface area contributed by atoms with Crippen molar-refractivity contribution in [2.24, 2.45) is 0 Å². The van der Waals surface area contributed by atoms with Gasteiger partial charge in [-0.05, 0) is 65.6 Å².